The van der Waals surface area contributed by atoms with Gasteiger partial charge in [-0.2, -0.15) is 0 Å². The molecule has 0 aliphatic heterocycles. The average Bonchev–Trinajstić information content (AvgIpc) is 2.55. The predicted molar refractivity (Wildman–Crippen MR) is 88.9 cm³/mol. The van der Waals surface area contributed by atoms with Crippen LogP contribution in [0.2, 0.25) is 0 Å². The van der Waals surface area contributed by atoms with Crippen molar-refractivity contribution in [1.82, 2.24) is 5.32 Å². The smallest absolute Gasteiger partial charge is 0.306 e. The van der Waals surface area contributed by atoms with Crippen LogP contribution in [0.4, 0.5) is 0 Å². The first-order chi connectivity index (χ1) is 10.6. The highest BCUT2D eigenvalue weighted by molar-refractivity contribution is 5.83. The molecule has 0 heterocycles. The maximum absolute atomic E-state index is 11.0. The quantitative estimate of drug-likeness (QED) is 0.892. The van der Waals surface area contributed by atoms with Crippen molar-refractivity contribution in [2.24, 2.45) is 5.92 Å². The zero-order valence-corrected chi connectivity index (χ0v) is 13.0. The molecular formula is C19H23NO2. The van der Waals surface area contributed by atoms with Gasteiger partial charge in [-0.15, -0.1) is 0 Å². The number of rotatable bonds is 4. The lowest BCUT2D eigenvalue weighted by atomic mass is 9.85. The summed E-state index contributed by atoms with van der Waals surface area (Å²) in [4.78, 5) is 11.0. The van der Waals surface area contributed by atoms with Gasteiger partial charge in [-0.05, 0) is 55.0 Å². The Morgan fingerprint density at radius 2 is 1.77 bits per heavy atom. The normalized spacial score (nSPS) is 23.3. The first-order valence-electron chi connectivity index (χ1n) is 8.11. The van der Waals surface area contributed by atoms with Gasteiger partial charge in [0.25, 0.3) is 0 Å². The molecule has 0 radical (unpaired) electrons. The van der Waals surface area contributed by atoms with Crippen molar-refractivity contribution in [3.8, 4) is 0 Å². The molecule has 1 fully saturated rings. The van der Waals surface area contributed by atoms with E-state index in [1.54, 1.807) is 0 Å². The largest absolute Gasteiger partial charge is 0.481 e. The monoisotopic (exact) mass is 297 g/mol. The third-order valence-corrected chi connectivity index (χ3v) is 4.84. The minimum atomic E-state index is -0.638. The zero-order chi connectivity index (χ0) is 15.5. The van der Waals surface area contributed by atoms with Gasteiger partial charge in [-0.1, -0.05) is 36.4 Å². The van der Waals surface area contributed by atoms with Crippen LogP contribution < -0.4 is 5.32 Å². The maximum Gasteiger partial charge on any atom is 0.306 e. The first-order valence-corrected chi connectivity index (χ1v) is 8.11. The van der Waals surface area contributed by atoms with E-state index in [1.807, 2.05) is 0 Å². The Balaban J connectivity index is 1.63. The molecule has 3 heteroatoms. The average molecular weight is 297 g/mol. The molecule has 0 saturated heterocycles. The molecule has 3 rings (SSSR count). The Bertz CT molecular complexity index is 659. The molecule has 0 spiro atoms. The number of carbonyl (C=O) groups is 1. The highest BCUT2D eigenvalue weighted by Gasteiger charge is 2.26. The van der Waals surface area contributed by atoms with E-state index in [4.69, 9.17) is 5.11 Å². The lowest BCUT2D eigenvalue weighted by Crippen LogP contribution is -2.36. The Hall–Kier alpha value is -1.87. The number of nitrogens with one attached hydrogen (secondary N) is 1. The van der Waals surface area contributed by atoms with Crippen molar-refractivity contribution < 1.29 is 9.90 Å². The number of fused-ring (bicyclic) bond motifs is 1. The number of carboxylic acids is 1. The van der Waals surface area contributed by atoms with Gasteiger partial charge in [0.05, 0.1) is 5.92 Å². The van der Waals surface area contributed by atoms with E-state index < -0.39 is 5.97 Å². The van der Waals surface area contributed by atoms with Crippen LogP contribution in [0.1, 0.15) is 44.2 Å². The predicted octanol–water partition coefficient (Wildman–Crippen LogP) is 4.13. The van der Waals surface area contributed by atoms with Gasteiger partial charge in [-0.25, -0.2) is 0 Å². The second kappa shape index (κ2) is 6.49. The van der Waals surface area contributed by atoms with E-state index in [9.17, 15) is 4.79 Å². The SMILES string of the molecule is CC(NC1CCC(C(=O)O)CC1)c1ccc2ccccc2c1. The molecule has 0 amide bonds. The molecule has 3 nitrogen and oxygen atoms in total. The van der Waals surface area contributed by atoms with Crippen LogP contribution in [0.3, 0.4) is 0 Å². The van der Waals surface area contributed by atoms with Gasteiger partial charge in [0.1, 0.15) is 0 Å². The van der Waals surface area contributed by atoms with E-state index in [-0.39, 0.29) is 12.0 Å². The minimum absolute atomic E-state index is 0.144. The Morgan fingerprint density at radius 1 is 1.09 bits per heavy atom. The van der Waals surface area contributed by atoms with Gasteiger partial charge in [0.15, 0.2) is 0 Å². The van der Waals surface area contributed by atoms with Crippen molar-refractivity contribution in [2.45, 2.75) is 44.7 Å². The highest BCUT2D eigenvalue weighted by Crippen LogP contribution is 2.27. The summed E-state index contributed by atoms with van der Waals surface area (Å²) in [5, 5.41) is 15.3. The molecule has 22 heavy (non-hydrogen) atoms. The van der Waals surface area contributed by atoms with Gasteiger partial charge in [-0.3, -0.25) is 4.79 Å². The molecule has 1 aliphatic rings. The van der Waals surface area contributed by atoms with Crippen LogP contribution in [-0.2, 0) is 4.79 Å². The van der Waals surface area contributed by atoms with E-state index in [0.717, 1.165) is 25.7 Å². The molecule has 2 aromatic carbocycles. The molecule has 0 bridgehead atoms. The number of hydrogen-bond donors (Lipinski definition) is 2. The topological polar surface area (TPSA) is 49.3 Å². The second-order valence-corrected chi connectivity index (χ2v) is 6.38. The maximum atomic E-state index is 11.0. The fourth-order valence-corrected chi connectivity index (χ4v) is 3.43. The van der Waals surface area contributed by atoms with Gasteiger partial charge in [0.2, 0.25) is 0 Å². The Labute approximate surface area is 131 Å². The lowest BCUT2D eigenvalue weighted by molar-refractivity contribution is -0.142. The summed E-state index contributed by atoms with van der Waals surface area (Å²) >= 11 is 0. The van der Waals surface area contributed by atoms with Gasteiger partial charge < -0.3 is 10.4 Å². The summed E-state index contributed by atoms with van der Waals surface area (Å²) in [6.07, 6.45) is 3.48. The van der Waals surface area contributed by atoms with Gasteiger partial charge >= 0.3 is 5.97 Å². The third-order valence-electron chi connectivity index (χ3n) is 4.84. The summed E-state index contributed by atoms with van der Waals surface area (Å²) in [5.74, 6) is -0.782. The molecule has 2 N–H and O–H groups in total. The summed E-state index contributed by atoms with van der Waals surface area (Å²) < 4.78 is 0. The third kappa shape index (κ3) is 3.30. The van der Waals surface area contributed by atoms with E-state index in [1.165, 1.54) is 16.3 Å². The van der Waals surface area contributed by atoms with Crippen LogP contribution in [0.15, 0.2) is 42.5 Å². The number of hydrogen-bond acceptors (Lipinski definition) is 2. The van der Waals surface area contributed by atoms with Crippen molar-refractivity contribution in [2.75, 3.05) is 0 Å². The fourth-order valence-electron chi connectivity index (χ4n) is 3.43. The highest BCUT2D eigenvalue weighted by atomic mass is 16.4. The standard InChI is InChI=1S/C19H23NO2/c1-13(20-18-10-8-15(9-11-18)19(21)22)16-7-6-14-4-2-3-5-17(14)12-16/h2-7,12-13,15,18,20H,8-11H2,1H3,(H,21,22). The number of benzene rings is 2. The van der Waals surface area contributed by atoms with Crippen molar-refractivity contribution in [3.63, 3.8) is 0 Å². The molecule has 1 aliphatic carbocycles. The Kier molecular flexibility index (Phi) is 4.44. The van der Waals surface area contributed by atoms with Crippen LogP contribution in [-0.4, -0.2) is 17.1 Å². The van der Waals surface area contributed by atoms with Gasteiger partial charge in [0, 0.05) is 12.1 Å². The second-order valence-electron chi connectivity index (χ2n) is 6.38. The zero-order valence-electron chi connectivity index (χ0n) is 13.0. The van der Waals surface area contributed by atoms with Crippen molar-refractivity contribution in [3.05, 3.63) is 48.0 Å². The summed E-state index contributed by atoms with van der Waals surface area (Å²) in [7, 11) is 0. The molecule has 1 saturated carbocycles. The van der Waals surface area contributed by atoms with Crippen molar-refractivity contribution in [1.29, 1.82) is 0 Å². The molecule has 116 valence electrons. The van der Waals surface area contributed by atoms with Crippen LogP contribution in [0.25, 0.3) is 10.8 Å². The molecule has 1 unspecified atom stereocenters. The number of carboxylic acid groups (broad SMARTS) is 1. The van der Waals surface area contributed by atoms with Crippen LogP contribution >= 0.6 is 0 Å². The molecule has 2 aromatic rings. The molecular weight excluding hydrogens is 274 g/mol. The number of aliphatic carboxylic acids is 1. The summed E-state index contributed by atoms with van der Waals surface area (Å²) in [6.45, 7) is 2.19. The van der Waals surface area contributed by atoms with Crippen molar-refractivity contribution >= 4 is 16.7 Å². The van der Waals surface area contributed by atoms with E-state index in [0.29, 0.717) is 6.04 Å². The van der Waals surface area contributed by atoms with E-state index in [2.05, 4.69) is 54.7 Å². The minimum Gasteiger partial charge on any atom is -0.481 e. The molecule has 1 atom stereocenters. The fraction of sp³-hybridized carbons (Fsp3) is 0.421. The first kappa shape index (κ1) is 15.0. The molecule has 0 aromatic heterocycles. The summed E-state index contributed by atoms with van der Waals surface area (Å²) in [6, 6.07) is 15.7. The summed E-state index contributed by atoms with van der Waals surface area (Å²) in [5.41, 5.74) is 1.29. The Morgan fingerprint density at radius 3 is 2.45 bits per heavy atom. The van der Waals surface area contributed by atoms with Crippen LogP contribution in [0, 0.1) is 5.92 Å². The van der Waals surface area contributed by atoms with Crippen LogP contribution in [0.5, 0.6) is 0 Å². The lowest BCUT2D eigenvalue weighted by Gasteiger charge is -2.29. The van der Waals surface area contributed by atoms with E-state index >= 15 is 0 Å².